The number of hydrogen-bond donors (Lipinski definition) is 1. The van der Waals surface area contributed by atoms with Crippen molar-refractivity contribution < 1.29 is 4.79 Å². The molecule has 2 rings (SSSR count). The van der Waals surface area contributed by atoms with E-state index in [9.17, 15) is 4.79 Å². The average Bonchev–Trinajstić information content (AvgIpc) is 2.43. The summed E-state index contributed by atoms with van der Waals surface area (Å²) in [7, 11) is 3.96. The number of carbonyl (C=O) groups excluding carboxylic acids is 1. The Morgan fingerprint density at radius 1 is 1.25 bits per heavy atom. The molecule has 1 aliphatic heterocycles. The smallest absolute Gasteiger partial charge is 0.265 e. The summed E-state index contributed by atoms with van der Waals surface area (Å²) in [5.74, 6) is -0.0192. The van der Waals surface area contributed by atoms with Crippen LogP contribution in [0.4, 0.5) is 5.69 Å². The van der Waals surface area contributed by atoms with Gasteiger partial charge < -0.3 is 4.90 Å². The molecule has 1 aliphatic rings. The van der Waals surface area contributed by atoms with Crippen LogP contribution >= 0.6 is 0 Å². The molecule has 0 spiro atoms. The largest absolute Gasteiger partial charge is 0.378 e. The Morgan fingerprint density at radius 3 is 2.50 bits per heavy atom. The number of piperidine rings is 1. The van der Waals surface area contributed by atoms with Crippen LogP contribution in [0.15, 0.2) is 24.3 Å². The normalized spacial score (nSPS) is 23.4. The Bertz CT molecular complexity index is 463. The molecule has 20 heavy (non-hydrogen) atoms. The Labute approximate surface area is 121 Å². The Hall–Kier alpha value is -1.55. The fraction of sp³-hybridized carbons (Fsp3) is 0.562. The second kappa shape index (κ2) is 6.27. The molecule has 1 heterocycles. The van der Waals surface area contributed by atoms with Gasteiger partial charge in [0.2, 0.25) is 0 Å². The van der Waals surface area contributed by atoms with E-state index >= 15 is 0 Å². The molecule has 1 fully saturated rings. The van der Waals surface area contributed by atoms with Crippen molar-refractivity contribution in [3.05, 3.63) is 29.8 Å². The maximum atomic E-state index is 12.4. The zero-order chi connectivity index (χ0) is 14.7. The molecule has 0 radical (unpaired) electrons. The first-order valence-electron chi connectivity index (χ1n) is 7.35. The highest BCUT2D eigenvalue weighted by atomic mass is 16.2. The number of carbonyl (C=O) groups is 1. The van der Waals surface area contributed by atoms with Crippen molar-refractivity contribution >= 4 is 11.6 Å². The van der Waals surface area contributed by atoms with Crippen LogP contribution in [0.25, 0.3) is 0 Å². The van der Waals surface area contributed by atoms with Crippen LogP contribution in [0.3, 0.4) is 0 Å². The summed E-state index contributed by atoms with van der Waals surface area (Å²) < 4.78 is 0. The van der Waals surface area contributed by atoms with E-state index in [1.54, 1.807) is 0 Å². The minimum absolute atomic E-state index is 0.0192. The Morgan fingerprint density at radius 2 is 1.90 bits per heavy atom. The minimum atomic E-state index is -0.0192. The van der Waals surface area contributed by atoms with E-state index in [-0.39, 0.29) is 5.91 Å². The number of amides is 1. The minimum Gasteiger partial charge on any atom is -0.378 e. The maximum Gasteiger partial charge on any atom is 0.265 e. The van der Waals surface area contributed by atoms with Crippen LogP contribution in [-0.4, -0.2) is 37.1 Å². The van der Waals surface area contributed by atoms with Gasteiger partial charge in [-0.3, -0.25) is 10.2 Å². The molecule has 4 heteroatoms. The van der Waals surface area contributed by atoms with Crippen molar-refractivity contribution in [2.45, 2.75) is 45.2 Å². The summed E-state index contributed by atoms with van der Waals surface area (Å²) in [6, 6.07) is 8.52. The van der Waals surface area contributed by atoms with Gasteiger partial charge in [0, 0.05) is 37.4 Å². The van der Waals surface area contributed by atoms with Crippen LogP contribution in [0.5, 0.6) is 0 Å². The standard InChI is InChI=1S/C16H25N3O/c1-12-7-5-8-13(2)19(12)17-16(20)14-9-6-10-15(11-14)18(3)4/h6,9-13H,5,7-8H2,1-4H3,(H,17,20)/t12-,13-/m0/s1. The van der Waals surface area contributed by atoms with Gasteiger partial charge in [-0.2, -0.15) is 0 Å². The number of nitrogens with zero attached hydrogens (tertiary/aromatic N) is 2. The van der Waals surface area contributed by atoms with Crippen LogP contribution in [0, 0.1) is 0 Å². The maximum absolute atomic E-state index is 12.4. The highest BCUT2D eigenvalue weighted by Crippen LogP contribution is 2.21. The first-order valence-corrected chi connectivity index (χ1v) is 7.35. The number of rotatable bonds is 3. The third-order valence-corrected chi connectivity index (χ3v) is 4.05. The third-order valence-electron chi connectivity index (χ3n) is 4.05. The summed E-state index contributed by atoms with van der Waals surface area (Å²) in [5.41, 5.74) is 4.83. The van der Waals surface area contributed by atoms with Crippen LogP contribution < -0.4 is 10.3 Å². The van der Waals surface area contributed by atoms with E-state index in [1.807, 2.05) is 43.3 Å². The average molecular weight is 275 g/mol. The highest BCUT2D eigenvalue weighted by Gasteiger charge is 2.26. The number of hydrazine groups is 1. The van der Waals surface area contributed by atoms with Crippen LogP contribution in [0.2, 0.25) is 0 Å². The molecule has 0 aromatic heterocycles. The van der Waals surface area contributed by atoms with Crippen LogP contribution in [0.1, 0.15) is 43.5 Å². The van der Waals surface area contributed by atoms with Gasteiger partial charge in [0.05, 0.1) is 0 Å². The van der Waals surface area contributed by atoms with Gasteiger partial charge in [-0.25, -0.2) is 5.01 Å². The van der Waals surface area contributed by atoms with Crippen molar-refractivity contribution in [2.24, 2.45) is 0 Å². The first kappa shape index (κ1) is 14.9. The lowest BCUT2D eigenvalue weighted by Crippen LogP contribution is -2.54. The summed E-state index contributed by atoms with van der Waals surface area (Å²) in [6.45, 7) is 4.35. The lowest BCUT2D eigenvalue weighted by molar-refractivity contribution is 0.0370. The third kappa shape index (κ3) is 3.31. The van der Waals surface area contributed by atoms with E-state index in [0.717, 1.165) is 18.5 Å². The number of anilines is 1. The van der Waals surface area contributed by atoms with Gasteiger partial charge in [0.15, 0.2) is 0 Å². The fourth-order valence-corrected chi connectivity index (χ4v) is 2.75. The molecule has 2 atom stereocenters. The molecule has 0 unspecified atom stereocenters. The second-order valence-electron chi connectivity index (χ2n) is 5.92. The fourth-order valence-electron chi connectivity index (χ4n) is 2.75. The lowest BCUT2D eigenvalue weighted by Gasteiger charge is -2.38. The molecule has 0 aliphatic carbocycles. The first-order chi connectivity index (χ1) is 9.49. The zero-order valence-electron chi connectivity index (χ0n) is 12.9. The van der Waals surface area contributed by atoms with Gasteiger partial charge >= 0.3 is 0 Å². The van der Waals surface area contributed by atoms with Gasteiger partial charge in [-0.15, -0.1) is 0 Å². The van der Waals surface area contributed by atoms with E-state index in [1.165, 1.54) is 6.42 Å². The molecule has 1 aromatic carbocycles. The number of benzene rings is 1. The summed E-state index contributed by atoms with van der Waals surface area (Å²) in [6.07, 6.45) is 3.52. The van der Waals surface area contributed by atoms with Gasteiger partial charge in [0.25, 0.3) is 5.91 Å². The van der Waals surface area contributed by atoms with Crippen molar-refractivity contribution in [1.29, 1.82) is 0 Å². The molecule has 1 aromatic rings. The van der Waals surface area contributed by atoms with Crippen molar-refractivity contribution in [1.82, 2.24) is 10.4 Å². The van der Waals surface area contributed by atoms with E-state index in [2.05, 4.69) is 24.3 Å². The topological polar surface area (TPSA) is 35.6 Å². The zero-order valence-corrected chi connectivity index (χ0v) is 12.9. The molecule has 110 valence electrons. The summed E-state index contributed by atoms with van der Waals surface area (Å²) >= 11 is 0. The van der Waals surface area contributed by atoms with Crippen molar-refractivity contribution in [3.63, 3.8) is 0 Å². The molecule has 1 saturated heterocycles. The highest BCUT2D eigenvalue weighted by molar-refractivity contribution is 5.94. The van der Waals surface area contributed by atoms with E-state index in [0.29, 0.717) is 17.6 Å². The predicted octanol–water partition coefficient (Wildman–Crippen LogP) is 2.66. The Balaban J connectivity index is 2.09. The molecule has 1 N–H and O–H groups in total. The van der Waals surface area contributed by atoms with Gasteiger partial charge in [-0.1, -0.05) is 12.5 Å². The Kier molecular flexibility index (Phi) is 4.65. The molecule has 0 saturated carbocycles. The molecule has 4 nitrogen and oxygen atoms in total. The molecular formula is C16H25N3O. The monoisotopic (exact) mass is 275 g/mol. The molecule has 0 bridgehead atoms. The lowest BCUT2D eigenvalue weighted by atomic mass is 10.00. The van der Waals surface area contributed by atoms with E-state index in [4.69, 9.17) is 0 Å². The van der Waals surface area contributed by atoms with Crippen molar-refractivity contribution in [3.8, 4) is 0 Å². The van der Waals surface area contributed by atoms with Crippen molar-refractivity contribution in [2.75, 3.05) is 19.0 Å². The SMILES string of the molecule is C[C@H]1CCC[C@H](C)N1NC(=O)c1cccc(N(C)C)c1. The van der Waals surface area contributed by atoms with Gasteiger partial charge in [0.1, 0.15) is 0 Å². The summed E-state index contributed by atoms with van der Waals surface area (Å²) in [5, 5.41) is 2.11. The van der Waals surface area contributed by atoms with Gasteiger partial charge in [-0.05, 0) is 44.9 Å². The number of nitrogens with one attached hydrogen (secondary N) is 1. The molecular weight excluding hydrogens is 250 g/mol. The second-order valence-corrected chi connectivity index (χ2v) is 5.92. The molecule has 1 amide bonds. The van der Waals surface area contributed by atoms with Crippen LogP contribution in [-0.2, 0) is 0 Å². The predicted molar refractivity (Wildman–Crippen MR) is 82.8 cm³/mol. The van der Waals surface area contributed by atoms with E-state index < -0.39 is 0 Å². The number of hydrogen-bond acceptors (Lipinski definition) is 3. The summed E-state index contributed by atoms with van der Waals surface area (Å²) in [4.78, 5) is 14.4. The quantitative estimate of drug-likeness (QED) is 0.921.